The van der Waals surface area contributed by atoms with Crippen molar-refractivity contribution in [3.8, 4) is 0 Å². The molecule has 2 atom stereocenters. The fourth-order valence-electron chi connectivity index (χ4n) is 3.66. The minimum Gasteiger partial charge on any atom is -0.465 e. The maximum atomic E-state index is 12.1. The monoisotopic (exact) mass is 342 g/mol. The molecule has 2 amide bonds. The first kappa shape index (κ1) is 20.3. The van der Waals surface area contributed by atoms with Gasteiger partial charge in [-0.15, -0.1) is 0 Å². The molecule has 0 aromatic carbocycles. The summed E-state index contributed by atoms with van der Waals surface area (Å²) in [5.74, 6) is -0.225. The van der Waals surface area contributed by atoms with Crippen LogP contribution in [0.25, 0.3) is 0 Å². The maximum Gasteiger partial charge on any atom is 0.408 e. The van der Waals surface area contributed by atoms with Crippen molar-refractivity contribution in [1.82, 2.24) is 10.6 Å². The molecular weight excluding hydrogens is 312 g/mol. The van der Waals surface area contributed by atoms with E-state index in [4.69, 9.17) is 9.84 Å². The van der Waals surface area contributed by atoms with Crippen LogP contribution in [0.3, 0.4) is 0 Å². The molecule has 0 spiro atoms. The first-order valence-electron chi connectivity index (χ1n) is 8.22. The van der Waals surface area contributed by atoms with E-state index in [0.717, 1.165) is 12.8 Å². The molecule has 0 saturated heterocycles. The molecule has 0 bridgehead atoms. The lowest BCUT2D eigenvalue weighted by Gasteiger charge is -2.46. The topological polar surface area (TPSA) is 105 Å². The van der Waals surface area contributed by atoms with Gasteiger partial charge in [0.25, 0.3) is 0 Å². The summed E-state index contributed by atoms with van der Waals surface area (Å²) >= 11 is 0. The molecule has 0 aromatic rings. The number of Topliss-reactive ketones (excluding diaryl/α,β-unsaturated/α-hetero) is 1. The van der Waals surface area contributed by atoms with E-state index in [-0.39, 0.29) is 22.7 Å². The van der Waals surface area contributed by atoms with E-state index in [2.05, 4.69) is 24.5 Å². The van der Waals surface area contributed by atoms with Crippen molar-refractivity contribution in [2.24, 2.45) is 10.8 Å². The summed E-state index contributed by atoms with van der Waals surface area (Å²) in [6.07, 6.45) is 0.600. The van der Waals surface area contributed by atoms with Gasteiger partial charge in [-0.2, -0.15) is 0 Å². The Balaban J connectivity index is 2.75. The Hall–Kier alpha value is -1.79. The molecule has 24 heavy (non-hydrogen) atoms. The van der Waals surface area contributed by atoms with Gasteiger partial charge in [0, 0.05) is 12.6 Å². The second kappa shape index (κ2) is 6.99. The molecule has 1 aliphatic rings. The number of ketones is 1. The Morgan fingerprint density at radius 2 is 1.79 bits per heavy atom. The first-order valence-corrected chi connectivity index (χ1v) is 8.22. The summed E-state index contributed by atoms with van der Waals surface area (Å²) in [5.41, 5.74) is -1.46. The number of nitrogens with one attached hydrogen (secondary N) is 2. The van der Waals surface area contributed by atoms with Gasteiger partial charge in [0.15, 0.2) is 11.4 Å². The van der Waals surface area contributed by atoms with E-state index >= 15 is 0 Å². The Labute approximate surface area is 143 Å². The average Bonchev–Trinajstić information content (AvgIpc) is 2.32. The smallest absolute Gasteiger partial charge is 0.408 e. The normalized spacial score (nSPS) is 26.3. The summed E-state index contributed by atoms with van der Waals surface area (Å²) in [7, 11) is 0. The van der Waals surface area contributed by atoms with Gasteiger partial charge < -0.3 is 20.5 Å². The summed E-state index contributed by atoms with van der Waals surface area (Å²) in [6.45, 7) is 11.0. The molecule has 3 N–H and O–H groups in total. The zero-order valence-electron chi connectivity index (χ0n) is 15.5. The van der Waals surface area contributed by atoms with Crippen LogP contribution in [0.5, 0.6) is 0 Å². The number of carboxylic acid groups (broad SMARTS) is 1. The average molecular weight is 342 g/mol. The van der Waals surface area contributed by atoms with Crippen molar-refractivity contribution in [3.05, 3.63) is 0 Å². The molecule has 1 saturated carbocycles. The third-order valence-corrected chi connectivity index (χ3v) is 4.63. The lowest BCUT2D eigenvalue weighted by molar-refractivity contribution is -0.132. The fraction of sp³-hybridized carbons (Fsp3) is 0.824. The van der Waals surface area contributed by atoms with Gasteiger partial charge in [0.05, 0.1) is 0 Å². The van der Waals surface area contributed by atoms with Crippen LogP contribution in [0.2, 0.25) is 0 Å². The number of rotatable bonds is 5. The Morgan fingerprint density at radius 3 is 2.29 bits per heavy atom. The lowest BCUT2D eigenvalue weighted by atomic mass is 9.62. The predicted octanol–water partition coefficient (Wildman–Crippen LogP) is 2.93. The van der Waals surface area contributed by atoms with Crippen LogP contribution < -0.4 is 10.6 Å². The summed E-state index contributed by atoms with van der Waals surface area (Å²) in [4.78, 5) is 34.4. The first-order chi connectivity index (χ1) is 10.7. The van der Waals surface area contributed by atoms with Gasteiger partial charge in [-0.1, -0.05) is 20.8 Å². The van der Waals surface area contributed by atoms with Gasteiger partial charge in [-0.25, -0.2) is 9.59 Å². The fourth-order valence-corrected chi connectivity index (χ4v) is 3.66. The maximum absolute atomic E-state index is 12.1. The van der Waals surface area contributed by atoms with E-state index in [9.17, 15) is 14.4 Å². The van der Waals surface area contributed by atoms with Gasteiger partial charge in [0.1, 0.15) is 0 Å². The Morgan fingerprint density at radius 1 is 1.21 bits per heavy atom. The minimum absolute atomic E-state index is 0.0405. The number of hydrogen-bond donors (Lipinski definition) is 3. The Kier molecular flexibility index (Phi) is 5.90. The van der Waals surface area contributed by atoms with E-state index in [1.165, 1.54) is 6.92 Å². The van der Waals surface area contributed by atoms with Crippen molar-refractivity contribution < 1.29 is 24.2 Å². The van der Waals surface area contributed by atoms with Crippen LogP contribution >= 0.6 is 0 Å². The van der Waals surface area contributed by atoms with E-state index in [1.807, 2.05) is 6.92 Å². The quantitative estimate of drug-likeness (QED) is 0.712. The number of carbonyl (C=O) groups excluding carboxylic acids is 2. The molecule has 1 fully saturated rings. The highest BCUT2D eigenvalue weighted by Gasteiger charge is 2.42. The number of carbonyl (C=O) groups is 3. The molecule has 0 aromatic heterocycles. The minimum atomic E-state index is -1.16. The second-order valence-electron chi connectivity index (χ2n) is 8.52. The molecule has 2 unspecified atom stereocenters. The van der Waals surface area contributed by atoms with Crippen molar-refractivity contribution >= 4 is 18.0 Å². The summed E-state index contributed by atoms with van der Waals surface area (Å²) in [5, 5.41) is 14.1. The molecule has 0 heterocycles. The third-order valence-electron chi connectivity index (χ3n) is 4.63. The molecule has 7 heteroatoms. The highest BCUT2D eigenvalue weighted by Crippen LogP contribution is 2.45. The SMILES string of the molecule is CC(=O)C(C)(C)OC(=O)NC1CC(C)(C)CC(C)(CNC(=O)O)C1. The van der Waals surface area contributed by atoms with Crippen LogP contribution in [0.15, 0.2) is 0 Å². The molecule has 0 aliphatic heterocycles. The number of alkyl carbamates (subject to hydrolysis) is 1. The van der Waals surface area contributed by atoms with Gasteiger partial charge >= 0.3 is 12.2 Å². The number of amides is 2. The Bertz CT molecular complexity index is 515. The number of ether oxygens (including phenoxy) is 1. The standard InChI is InChI=1S/C17H30N2O5/c1-11(20)16(4,5)24-14(23)19-12-7-15(2,3)9-17(6,8-12)10-18-13(21)22/h12,18H,7-10H2,1-6H3,(H,19,23)(H,21,22). The molecule has 1 aliphatic carbocycles. The van der Waals surface area contributed by atoms with Crippen LogP contribution in [-0.2, 0) is 9.53 Å². The van der Waals surface area contributed by atoms with Gasteiger partial charge in [0.2, 0.25) is 0 Å². The zero-order chi connectivity index (χ0) is 18.8. The van der Waals surface area contributed by atoms with E-state index < -0.39 is 17.8 Å². The molecule has 0 radical (unpaired) electrons. The van der Waals surface area contributed by atoms with Gasteiger partial charge in [-0.3, -0.25) is 4.79 Å². The molecular formula is C17H30N2O5. The van der Waals surface area contributed by atoms with Crippen LogP contribution in [-0.4, -0.2) is 41.3 Å². The van der Waals surface area contributed by atoms with Crippen LogP contribution in [0.4, 0.5) is 9.59 Å². The third kappa shape index (κ3) is 6.02. The second-order valence-corrected chi connectivity index (χ2v) is 8.52. The molecule has 1 rings (SSSR count). The molecule has 138 valence electrons. The van der Waals surface area contributed by atoms with Gasteiger partial charge in [-0.05, 0) is 50.9 Å². The highest BCUT2D eigenvalue weighted by molar-refractivity contribution is 5.86. The van der Waals surface area contributed by atoms with Crippen LogP contribution in [0.1, 0.15) is 60.8 Å². The zero-order valence-corrected chi connectivity index (χ0v) is 15.5. The lowest BCUT2D eigenvalue weighted by Crippen LogP contribution is -2.51. The van der Waals surface area contributed by atoms with E-state index in [0.29, 0.717) is 13.0 Å². The van der Waals surface area contributed by atoms with Crippen LogP contribution in [0, 0.1) is 10.8 Å². The summed E-state index contributed by atoms with van der Waals surface area (Å²) < 4.78 is 5.23. The van der Waals surface area contributed by atoms with Crippen molar-refractivity contribution in [1.29, 1.82) is 0 Å². The largest absolute Gasteiger partial charge is 0.465 e. The van der Waals surface area contributed by atoms with E-state index in [1.54, 1.807) is 13.8 Å². The molecule has 7 nitrogen and oxygen atoms in total. The van der Waals surface area contributed by atoms with Crippen molar-refractivity contribution in [3.63, 3.8) is 0 Å². The predicted molar refractivity (Wildman–Crippen MR) is 89.9 cm³/mol. The number of hydrogen-bond acceptors (Lipinski definition) is 4. The van der Waals surface area contributed by atoms with Crippen molar-refractivity contribution in [2.75, 3.05) is 6.54 Å². The van der Waals surface area contributed by atoms with Crippen molar-refractivity contribution in [2.45, 2.75) is 72.4 Å². The highest BCUT2D eigenvalue weighted by atomic mass is 16.6. The summed E-state index contributed by atoms with van der Waals surface area (Å²) in [6, 6.07) is -0.135.